The van der Waals surface area contributed by atoms with Gasteiger partial charge in [-0.1, -0.05) is 18.2 Å². The van der Waals surface area contributed by atoms with Gasteiger partial charge in [0.25, 0.3) is 5.92 Å². The van der Waals surface area contributed by atoms with Crippen LogP contribution in [0.5, 0.6) is 0 Å². The van der Waals surface area contributed by atoms with Gasteiger partial charge in [0.1, 0.15) is 18.2 Å². The summed E-state index contributed by atoms with van der Waals surface area (Å²) in [5.41, 5.74) is 6.39. The minimum absolute atomic E-state index is 0.147. The highest BCUT2D eigenvalue weighted by Crippen LogP contribution is 2.46. The molecule has 0 amide bonds. The van der Waals surface area contributed by atoms with Crippen LogP contribution in [0.15, 0.2) is 24.3 Å². The number of aliphatic hydroxyl groups excluding tert-OH is 1. The molecule has 2 aromatic carbocycles. The van der Waals surface area contributed by atoms with Crippen molar-refractivity contribution in [3.05, 3.63) is 57.9 Å². The van der Waals surface area contributed by atoms with Crippen molar-refractivity contribution in [2.24, 2.45) is 5.41 Å². The molecule has 1 aromatic heterocycles. The number of nitrogens with one attached hydrogen (secondary N) is 1. The van der Waals surface area contributed by atoms with Crippen LogP contribution in [0.3, 0.4) is 0 Å². The number of nitrogens with zero attached hydrogens (tertiary/aromatic N) is 3. The van der Waals surface area contributed by atoms with E-state index >= 15 is 0 Å². The fourth-order valence-corrected chi connectivity index (χ4v) is 6.25. The zero-order valence-corrected chi connectivity index (χ0v) is 21.0. The number of hydrogen-bond donors (Lipinski definition) is 2. The average Bonchev–Trinajstić information content (AvgIpc) is 3.28. The Morgan fingerprint density at radius 3 is 2.61 bits per heavy atom. The monoisotopic (exact) mass is 494 g/mol. The molecular weight excluding hydrogens is 462 g/mol. The van der Waals surface area contributed by atoms with Crippen molar-refractivity contribution in [2.45, 2.75) is 52.0 Å². The number of rotatable bonds is 6. The molecular formula is C28H32F2N4O2. The Kier molecular flexibility index (Phi) is 5.46. The van der Waals surface area contributed by atoms with Crippen molar-refractivity contribution < 1.29 is 18.6 Å². The summed E-state index contributed by atoms with van der Waals surface area (Å²) in [5, 5.41) is 13.7. The summed E-state index contributed by atoms with van der Waals surface area (Å²) in [4.78, 5) is 12.1. The molecule has 3 heterocycles. The minimum Gasteiger partial charge on any atom is -0.390 e. The Balaban J connectivity index is 1.39. The topological polar surface area (TPSA) is 70.5 Å². The van der Waals surface area contributed by atoms with Gasteiger partial charge in [0.15, 0.2) is 0 Å². The first-order valence-corrected chi connectivity index (χ1v) is 12.7. The van der Waals surface area contributed by atoms with E-state index in [9.17, 15) is 13.9 Å². The molecule has 0 bridgehead atoms. The molecule has 190 valence electrons. The zero-order valence-electron chi connectivity index (χ0n) is 21.0. The van der Waals surface area contributed by atoms with Gasteiger partial charge in [-0.15, -0.1) is 0 Å². The van der Waals surface area contributed by atoms with E-state index in [1.165, 1.54) is 22.9 Å². The van der Waals surface area contributed by atoms with Gasteiger partial charge in [-0.25, -0.2) is 9.97 Å². The summed E-state index contributed by atoms with van der Waals surface area (Å²) in [6, 6.07) is 6.81. The third-order valence-corrected chi connectivity index (χ3v) is 8.15. The van der Waals surface area contributed by atoms with Crippen LogP contribution in [0.25, 0.3) is 10.9 Å². The zero-order chi connectivity index (χ0) is 25.2. The molecule has 0 radical (unpaired) electrons. The number of hydrogen-bond acceptors (Lipinski definition) is 6. The van der Waals surface area contributed by atoms with Crippen LogP contribution in [-0.2, 0) is 23.5 Å². The molecule has 1 atom stereocenters. The molecule has 1 spiro atoms. The summed E-state index contributed by atoms with van der Waals surface area (Å²) >= 11 is 0. The predicted octanol–water partition coefficient (Wildman–Crippen LogP) is 4.83. The van der Waals surface area contributed by atoms with E-state index in [4.69, 9.17) is 14.7 Å². The normalized spacial score (nSPS) is 19.2. The first-order valence-electron chi connectivity index (χ1n) is 12.7. The number of aryl methyl sites for hydroxylation is 2. The molecule has 1 aliphatic carbocycles. The molecule has 2 saturated heterocycles. The first-order chi connectivity index (χ1) is 17.2. The van der Waals surface area contributed by atoms with Crippen LogP contribution >= 0.6 is 0 Å². The second kappa shape index (κ2) is 8.35. The molecule has 2 N–H and O–H groups in total. The smallest absolute Gasteiger partial charge is 0.296 e. The number of anilines is 2. The minimum atomic E-state index is -3.28. The highest BCUT2D eigenvalue weighted by atomic mass is 19.3. The van der Waals surface area contributed by atoms with E-state index in [-0.39, 0.29) is 11.6 Å². The van der Waals surface area contributed by atoms with Crippen LogP contribution in [0.4, 0.5) is 20.3 Å². The summed E-state index contributed by atoms with van der Waals surface area (Å²) < 4.78 is 34.2. The highest BCUT2D eigenvalue weighted by molar-refractivity contribution is 5.96. The SMILES string of the molecule is Cc1nc(NC(C)c2cccc(C(F)(F)CO)c2C)c2cc(N3CC4(COC4)C3)c3c(c2n1)CCC3. The van der Waals surface area contributed by atoms with Crippen molar-refractivity contribution in [1.29, 1.82) is 0 Å². The number of halogens is 2. The number of aliphatic hydroxyl groups is 1. The predicted molar refractivity (Wildman–Crippen MR) is 136 cm³/mol. The standard InChI is InChI=1S/C28H32F2N4O2/c1-16-19(6-5-9-23(16)28(29,30)13-35)17(2)31-26-22-10-24(34-11-27(12-34)14-36-15-27)20-7-4-8-21(20)25(22)32-18(3)33-26/h5-6,9-10,17,35H,4,7-8,11-15H2,1-3H3,(H,31,32,33). The van der Waals surface area contributed by atoms with Crippen molar-refractivity contribution in [3.63, 3.8) is 0 Å². The molecule has 36 heavy (non-hydrogen) atoms. The summed E-state index contributed by atoms with van der Waals surface area (Å²) in [6.45, 7) is 8.05. The second-order valence-electron chi connectivity index (χ2n) is 10.8. The Labute approximate surface area is 209 Å². The maximum Gasteiger partial charge on any atom is 0.296 e. The van der Waals surface area contributed by atoms with Gasteiger partial charge in [-0.2, -0.15) is 8.78 Å². The van der Waals surface area contributed by atoms with Crippen molar-refractivity contribution in [2.75, 3.05) is 43.1 Å². The lowest BCUT2D eigenvalue weighted by atomic mass is 9.77. The van der Waals surface area contributed by atoms with Gasteiger partial charge in [-0.3, -0.25) is 0 Å². The largest absolute Gasteiger partial charge is 0.390 e. The molecule has 1 unspecified atom stereocenters. The number of aromatic nitrogens is 2. The van der Waals surface area contributed by atoms with E-state index < -0.39 is 12.5 Å². The average molecular weight is 495 g/mol. The maximum atomic E-state index is 14.3. The van der Waals surface area contributed by atoms with Gasteiger partial charge in [0.05, 0.1) is 30.2 Å². The molecule has 2 aliphatic heterocycles. The lowest BCUT2D eigenvalue weighted by Gasteiger charge is -2.56. The Bertz CT molecular complexity index is 1350. The summed E-state index contributed by atoms with van der Waals surface area (Å²) in [7, 11) is 0. The Hall–Kier alpha value is -2.84. The van der Waals surface area contributed by atoms with Crippen LogP contribution in [0.1, 0.15) is 53.0 Å². The van der Waals surface area contributed by atoms with Crippen LogP contribution < -0.4 is 10.2 Å². The number of alkyl halides is 2. The molecule has 2 fully saturated rings. The van der Waals surface area contributed by atoms with E-state index in [1.807, 2.05) is 19.9 Å². The number of fused-ring (bicyclic) bond motifs is 3. The van der Waals surface area contributed by atoms with Gasteiger partial charge in [0, 0.05) is 29.7 Å². The van der Waals surface area contributed by atoms with Crippen LogP contribution in [-0.4, -0.2) is 48.0 Å². The van der Waals surface area contributed by atoms with Gasteiger partial charge in [-0.05, 0) is 68.4 Å². The van der Waals surface area contributed by atoms with E-state index in [0.29, 0.717) is 16.8 Å². The molecule has 6 rings (SSSR count). The van der Waals surface area contributed by atoms with Crippen LogP contribution in [0.2, 0.25) is 0 Å². The molecule has 8 heteroatoms. The Morgan fingerprint density at radius 1 is 1.17 bits per heavy atom. The van der Waals surface area contributed by atoms with Crippen LogP contribution in [0, 0.1) is 19.3 Å². The first kappa shape index (κ1) is 23.6. The fourth-order valence-electron chi connectivity index (χ4n) is 6.25. The fraction of sp³-hybridized carbons (Fsp3) is 0.500. The van der Waals surface area contributed by atoms with Gasteiger partial charge < -0.3 is 20.1 Å². The lowest BCUT2D eigenvalue weighted by Crippen LogP contribution is -2.66. The van der Waals surface area contributed by atoms with E-state index in [1.54, 1.807) is 13.0 Å². The number of ether oxygens (including phenoxy) is 1. The van der Waals surface area contributed by atoms with Crippen molar-refractivity contribution >= 4 is 22.4 Å². The Morgan fingerprint density at radius 2 is 1.92 bits per heavy atom. The van der Waals surface area contributed by atoms with Gasteiger partial charge in [0.2, 0.25) is 0 Å². The second-order valence-corrected chi connectivity index (χ2v) is 10.8. The molecule has 0 saturated carbocycles. The number of benzene rings is 2. The van der Waals surface area contributed by atoms with E-state index in [2.05, 4.69) is 16.3 Å². The van der Waals surface area contributed by atoms with Crippen molar-refractivity contribution in [3.8, 4) is 0 Å². The van der Waals surface area contributed by atoms with Crippen molar-refractivity contribution in [1.82, 2.24) is 9.97 Å². The third-order valence-electron chi connectivity index (χ3n) is 8.15. The highest BCUT2D eigenvalue weighted by Gasteiger charge is 2.49. The lowest BCUT2D eigenvalue weighted by molar-refractivity contribution is -0.127. The van der Waals surface area contributed by atoms with Gasteiger partial charge >= 0.3 is 0 Å². The van der Waals surface area contributed by atoms with E-state index in [0.717, 1.165) is 67.8 Å². The molecule has 3 aromatic rings. The quantitative estimate of drug-likeness (QED) is 0.512. The molecule has 3 aliphatic rings. The summed E-state index contributed by atoms with van der Waals surface area (Å²) in [5.74, 6) is -1.87. The third kappa shape index (κ3) is 3.65. The summed E-state index contributed by atoms with van der Waals surface area (Å²) in [6.07, 6.45) is 3.19. The maximum absolute atomic E-state index is 14.3. The molecule has 6 nitrogen and oxygen atoms in total.